The lowest BCUT2D eigenvalue weighted by Gasteiger charge is -2.43. The zero-order chi connectivity index (χ0) is 18.3. The van der Waals surface area contributed by atoms with Crippen LogP contribution in [-0.2, 0) is 33.3 Å². The highest BCUT2D eigenvalue weighted by atomic mass is 16.6. The molecule has 24 heavy (non-hydrogen) atoms. The van der Waals surface area contributed by atoms with Crippen LogP contribution in [0.4, 0.5) is 0 Å². The van der Waals surface area contributed by atoms with Crippen molar-refractivity contribution in [2.24, 2.45) is 11.8 Å². The minimum absolute atomic E-state index is 0.0334. The van der Waals surface area contributed by atoms with Gasteiger partial charge < -0.3 is 24.1 Å². The predicted molar refractivity (Wildman–Crippen MR) is 81.8 cm³/mol. The summed E-state index contributed by atoms with van der Waals surface area (Å²) < 4.78 is 20.8. The van der Waals surface area contributed by atoms with Crippen LogP contribution in [0.1, 0.15) is 34.1 Å². The van der Waals surface area contributed by atoms with Crippen molar-refractivity contribution in [1.29, 1.82) is 0 Å². The smallest absolute Gasteiger partial charge is 0.305 e. The second kappa shape index (κ2) is 9.58. The maximum atomic E-state index is 11.3. The van der Waals surface area contributed by atoms with Crippen molar-refractivity contribution in [3.63, 3.8) is 0 Å². The average molecular weight is 346 g/mol. The largest absolute Gasteiger partial charge is 0.465 e. The number of carbonyl (C=O) groups is 3. The van der Waals surface area contributed by atoms with Crippen LogP contribution in [0.2, 0.25) is 0 Å². The third-order valence-corrected chi connectivity index (χ3v) is 4.02. The first-order valence-electron chi connectivity index (χ1n) is 8.02. The van der Waals surface area contributed by atoms with Crippen molar-refractivity contribution < 1.29 is 38.4 Å². The minimum atomic E-state index is -1.02. The van der Waals surface area contributed by atoms with Gasteiger partial charge in [-0.05, 0) is 6.92 Å². The van der Waals surface area contributed by atoms with Crippen molar-refractivity contribution >= 4 is 17.9 Å². The molecule has 5 atom stereocenters. The van der Waals surface area contributed by atoms with Gasteiger partial charge in [0, 0.05) is 32.1 Å². The van der Waals surface area contributed by atoms with Crippen LogP contribution in [0.15, 0.2) is 0 Å². The predicted octanol–water partition coefficient (Wildman–Crippen LogP) is 0.446. The molecule has 1 aliphatic heterocycles. The summed E-state index contributed by atoms with van der Waals surface area (Å²) in [6.07, 6.45) is -1.90. The Bertz CT molecular complexity index is 449. The van der Waals surface area contributed by atoms with E-state index in [2.05, 4.69) is 0 Å². The third kappa shape index (κ3) is 6.09. The summed E-state index contributed by atoms with van der Waals surface area (Å²) >= 11 is 0. The molecule has 138 valence electrons. The Kier molecular flexibility index (Phi) is 8.14. The molecule has 1 fully saturated rings. The van der Waals surface area contributed by atoms with E-state index in [-0.39, 0.29) is 38.3 Å². The van der Waals surface area contributed by atoms with Gasteiger partial charge >= 0.3 is 17.9 Å². The van der Waals surface area contributed by atoms with Gasteiger partial charge in [0.1, 0.15) is 12.7 Å². The number of hydrogen-bond acceptors (Lipinski definition) is 8. The van der Waals surface area contributed by atoms with Gasteiger partial charge in [-0.15, -0.1) is 0 Å². The van der Waals surface area contributed by atoms with Crippen LogP contribution in [0.3, 0.4) is 0 Å². The lowest BCUT2D eigenvalue weighted by molar-refractivity contribution is -0.208. The van der Waals surface area contributed by atoms with E-state index < -0.39 is 36.0 Å². The van der Waals surface area contributed by atoms with E-state index in [0.29, 0.717) is 0 Å². The highest BCUT2D eigenvalue weighted by molar-refractivity contribution is 5.68. The average Bonchev–Trinajstić information content (AvgIpc) is 2.51. The van der Waals surface area contributed by atoms with Crippen molar-refractivity contribution in [3.8, 4) is 0 Å². The molecule has 0 aromatic rings. The Hall–Kier alpha value is -1.67. The van der Waals surface area contributed by atoms with E-state index in [1.807, 2.05) is 0 Å². The molecule has 1 N–H and O–H groups in total. The number of hydrogen-bond donors (Lipinski definition) is 1. The molecule has 0 amide bonds. The van der Waals surface area contributed by atoms with E-state index >= 15 is 0 Å². The molecule has 8 heteroatoms. The monoisotopic (exact) mass is 346 g/mol. The lowest BCUT2D eigenvalue weighted by atomic mass is 9.80. The number of carbonyl (C=O) groups excluding carboxylic acids is 3. The summed E-state index contributed by atoms with van der Waals surface area (Å²) in [5.41, 5.74) is 0. The van der Waals surface area contributed by atoms with E-state index in [4.69, 9.17) is 18.9 Å². The Balaban J connectivity index is 2.80. The molecule has 5 unspecified atom stereocenters. The van der Waals surface area contributed by atoms with Crippen LogP contribution in [0, 0.1) is 11.8 Å². The summed E-state index contributed by atoms with van der Waals surface area (Å²) in [6, 6.07) is 0. The molecule has 0 spiro atoms. The summed E-state index contributed by atoms with van der Waals surface area (Å²) in [7, 11) is 0. The Morgan fingerprint density at radius 1 is 0.958 bits per heavy atom. The van der Waals surface area contributed by atoms with Gasteiger partial charge in [-0.25, -0.2) is 0 Å². The number of aliphatic hydroxyl groups excluding tert-OH is 1. The molecular formula is C16H26O8. The van der Waals surface area contributed by atoms with E-state index in [1.54, 1.807) is 13.8 Å². The molecule has 1 aliphatic rings. The molecule has 0 radical (unpaired) electrons. The SMILES string of the molecule is CCC(=O)OCC1OC(C)C(COC(C)=O)C(COC(C)=O)C1O. The summed E-state index contributed by atoms with van der Waals surface area (Å²) in [5, 5.41) is 10.5. The molecule has 0 aliphatic carbocycles. The number of aliphatic hydroxyl groups is 1. The third-order valence-electron chi connectivity index (χ3n) is 4.02. The van der Waals surface area contributed by atoms with Crippen molar-refractivity contribution in [2.75, 3.05) is 19.8 Å². The van der Waals surface area contributed by atoms with Crippen molar-refractivity contribution in [1.82, 2.24) is 0 Å². The first-order valence-corrected chi connectivity index (χ1v) is 8.02. The fourth-order valence-corrected chi connectivity index (χ4v) is 2.66. The van der Waals surface area contributed by atoms with Crippen LogP contribution < -0.4 is 0 Å². The fourth-order valence-electron chi connectivity index (χ4n) is 2.66. The summed E-state index contributed by atoms with van der Waals surface area (Å²) in [5.74, 6) is -2.15. The second-order valence-corrected chi connectivity index (χ2v) is 5.84. The molecule has 1 rings (SSSR count). The van der Waals surface area contributed by atoms with Crippen molar-refractivity contribution in [3.05, 3.63) is 0 Å². The highest BCUT2D eigenvalue weighted by Gasteiger charge is 2.44. The molecule has 8 nitrogen and oxygen atoms in total. The quantitative estimate of drug-likeness (QED) is 0.523. The minimum Gasteiger partial charge on any atom is -0.465 e. The van der Waals surface area contributed by atoms with Crippen LogP contribution in [0.5, 0.6) is 0 Å². The second-order valence-electron chi connectivity index (χ2n) is 5.84. The standard InChI is InChI=1S/C16H26O8/c1-5-15(19)23-8-14-16(20)13(7-22-11(4)18)12(9(2)24-14)6-21-10(3)17/h9,12-14,16,20H,5-8H2,1-4H3. The van der Waals surface area contributed by atoms with Gasteiger partial charge in [0.05, 0.1) is 25.4 Å². The van der Waals surface area contributed by atoms with Gasteiger partial charge in [-0.1, -0.05) is 6.92 Å². The summed E-state index contributed by atoms with van der Waals surface area (Å²) in [4.78, 5) is 33.4. The van der Waals surface area contributed by atoms with E-state index in [1.165, 1.54) is 13.8 Å². The van der Waals surface area contributed by atoms with Gasteiger partial charge in [0.25, 0.3) is 0 Å². The molecule has 0 aromatic heterocycles. The molecular weight excluding hydrogens is 320 g/mol. The van der Waals surface area contributed by atoms with Gasteiger partial charge in [0.2, 0.25) is 0 Å². The molecule has 0 bridgehead atoms. The number of rotatable bonds is 7. The van der Waals surface area contributed by atoms with Crippen LogP contribution in [-0.4, -0.2) is 61.1 Å². The van der Waals surface area contributed by atoms with Gasteiger partial charge in [-0.3, -0.25) is 14.4 Å². The molecule has 1 saturated heterocycles. The highest BCUT2D eigenvalue weighted by Crippen LogP contribution is 2.32. The normalized spacial score (nSPS) is 29.6. The lowest BCUT2D eigenvalue weighted by Crippen LogP contribution is -2.54. The maximum Gasteiger partial charge on any atom is 0.305 e. The Morgan fingerprint density at radius 2 is 1.50 bits per heavy atom. The van der Waals surface area contributed by atoms with Gasteiger partial charge in [0.15, 0.2) is 0 Å². The van der Waals surface area contributed by atoms with Crippen LogP contribution >= 0.6 is 0 Å². The molecule has 1 heterocycles. The maximum absolute atomic E-state index is 11.3. The first kappa shape index (κ1) is 20.4. The number of esters is 3. The molecule has 0 aromatic carbocycles. The van der Waals surface area contributed by atoms with Crippen molar-refractivity contribution in [2.45, 2.75) is 52.4 Å². The first-order chi connectivity index (χ1) is 11.3. The zero-order valence-electron chi connectivity index (χ0n) is 14.5. The van der Waals surface area contributed by atoms with Gasteiger partial charge in [-0.2, -0.15) is 0 Å². The molecule has 0 saturated carbocycles. The Labute approximate surface area is 141 Å². The Morgan fingerprint density at radius 3 is 2.00 bits per heavy atom. The van der Waals surface area contributed by atoms with E-state index in [9.17, 15) is 19.5 Å². The summed E-state index contributed by atoms with van der Waals surface area (Å²) in [6.45, 7) is 5.93. The zero-order valence-corrected chi connectivity index (χ0v) is 14.5. The van der Waals surface area contributed by atoms with E-state index in [0.717, 1.165) is 0 Å². The number of ether oxygens (including phenoxy) is 4. The topological polar surface area (TPSA) is 108 Å². The van der Waals surface area contributed by atoms with Crippen LogP contribution in [0.25, 0.3) is 0 Å². The fraction of sp³-hybridized carbons (Fsp3) is 0.812.